The van der Waals surface area contributed by atoms with Crippen LogP contribution in [0.1, 0.15) is 55.6 Å². The maximum Gasteiger partial charge on any atom is 0.407 e. The number of nitrogens with one attached hydrogen (secondary N) is 3. The van der Waals surface area contributed by atoms with Crippen LogP contribution in [-0.2, 0) is 16.0 Å². The number of hydrogen-bond donors (Lipinski definition) is 3. The molecule has 10 heteroatoms. The van der Waals surface area contributed by atoms with Crippen molar-refractivity contribution in [1.29, 1.82) is 0 Å². The van der Waals surface area contributed by atoms with Crippen LogP contribution in [-0.4, -0.2) is 44.2 Å². The van der Waals surface area contributed by atoms with E-state index < -0.39 is 0 Å². The number of aromatic nitrogens is 4. The molecule has 4 rings (SSSR count). The number of anilines is 1. The Hall–Kier alpha value is -2.88. The smallest absolute Gasteiger partial charge is 0.407 e. The maximum absolute atomic E-state index is 12.4. The Kier molecular flexibility index (Phi) is 6.03. The Bertz CT molecular complexity index is 1040. The van der Waals surface area contributed by atoms with Gasteiger partial charge >= 0.3 is 6.09 Å². The first-order valence-corrected chi connectivity index (χ1v) is 11.1. The van der Waals surface area contributed by atoms with Crippen LogP contribution < -0.4 is 10.6 Å². The van der Waals surface area contributed by atoms with Gasteiger partial charge in [0.15, 0.2) is 10.8 Å². The van der Waals surface area contributed by atoms with E-state index >= 15 is 0 Å². The van der Waals surface area contributed by atoms with E-state index in [1.165, 1.54) is 0 Å². The SMILES string of the molecule is CCCNC(=O)OC1CCC(c2cc(NC(=O)Cc3cn4c(C)csc4n3)n[nH]2)C1. The summed E-state index contributed by atoms with van der Waals surface area (Å²) < 4.78 is 7.45. The maximum atomic E-state index is 12.4. The number of carbonyl (C=O) groups is 2. The lowest BCUT2D eigenvalue weighted by molar-refractivity contribution is -0.115. The van der Waals surface area contributed by atoms with E-state index in [9.17, 15) is 9.59 Å². The van der Waals surface area contributed by atoms with Gasteiger partial charge in [-0.1, -0.05) is 6.92 Å². The van der Waals surface area contributed by atoms with Gasteiger partial charge in [-0.15, -0.1) is 11.3 Å². The predicted molar refractivity (Wildman–Crippen MR) is 114 cm³/mol. The van der Waals surface area contributed by atoms with Crippen molar-refractivity contribution in [3.8, 4) is 0 Å². The molecule has 3 N–H and O–H groups in total. The van der Waals surface area contributed by atoms with E-state index in [0.717, 1.165) is 47.7 Å². The molecule has 0 saturated heterocycles. The van der Waals surface area contributed by atoms with Crippen molar-refractivity contribution in [2.24, 2.45) is 0 Å². The third-order valence-corrected chi connectivity index (χ3v) is 6.22. The largest absolute Gasteiger partial charge is 0.446 e. The first-order chi connectivity index (χ1) is 14.5. The van der Waals surface area contributed by atoms with Crippen molar-refractivity contribution in [3.05, 3.63) is 34.7 Å². The monoisotopic (exact) mass is 430 g/mol. The molecule has 1 saturated carbocycles. The van der Waals surface area contributed by atoms with Gasteiger partial charge < -0.3 is 15.4 Å². The molecule has 3 aromatic rings. The van der Waals surface area contributed by atoms with E-state index in [0.29, 0.717) is 12.4 Å². The van der Waals surface area contributed by atoms with Gasteiger partial charge in [0.05, 0.1) is 12.1 Å². The first-order valence-electron chi connectivity index (χ1n) is 10.2. The Morgan fingerprint density at radius 3 is 3.07 bits per heavy atom. The summed E-state index contributed by atoms with van der Waals surface area (Å²) in [5, 5.41) is 14.8. The van der Waals surface area contributed by atoms with Gasteiger partial charge in [0.25, 0.3) is 0 Å². The van der Waals surface area contributed by atoms with Crippen LogP contribution in [0.2, 0.25) is 0 Å². The lowest BCUT2D eigenvalue weighted by Gasteiger charge is -2.12. The predicted octanol–water partition coefficient (Wildman–Crippen LogP) is 3.38. The van der Waals surface area contributed by atoms with E-state index in [2.05, 4.69) is 25.8 Å². The van der Waals surface area contributed by atoms with Gasteiger partial charge in [-0.2, -0.15) is 5.10 Å². The fourth-order valence-corrected chi connectivity index (χ4v) is 4.61. The van der Waals surface area contributed by atoms with Crippen LogP contribution in [0.4, 0.5) is 10.6 Å². The summed E-state index contributed by atoms with van der Waals surface area (Å²) >= 11 is 1.56. The number of aromatic amines is 1. The molecule has 30 heavy (non-hydrogen) atoms. The number of thiazole rings is 1. The fraction of sp³-hybridized carbons (Fsp3) is 0.500. The number of ether oxygens (including phenoxy) is 1. The lowest BCUT2D eigenvalue weighted by Crippen LogP contribution is -2.28. The summed E-state index contributed by atoms with van der Waals surface area (Å²) in [6.07, 6.45) is 5.01. The fourth-order valence-electron chi connectivity index (χ4n) is 3.74. The van der Waals surface area contributed by atoms with Gasteiger partial charge in [0.1, 0.15) is 6.10 Å². The highest BCUT2D eigenvalue weighted by Gasteiger charge is 2.30. The Morgan fingerprint density at radius 1 is 1.40 bits per heavy atom. The van der Waals surface area contributed by atoms with Gasteiger partial charge in [-0.25, -0.2) is 9.78 Å². The number of rotatable bonds is 7. The number of nitrogens with zero attached hydrogens (tertiary/aromatic N) is 3. The lowest BCUT2D eigenvalue weighted by atomic mass is 10.0. The van der Waals surface area contributed by atoms with Gasteiger partial charge in [-0.05, 0) is 32.6 Å². The average Bonchev–Trinajstić information content (AvgIpc) is 3.47. The molecule has 0 bridgehead atoms. The van der Waals surface area contributed by atoms with Crippen molar-refractivity contribution in [2.75, 3.05) is 11.9 Å². The molecule has 3 aromatic heterocycles. The van der Waals surface area contributed by atoms with E-state index in [-0.39, 0.29) is 30.4 Å². The summed E-state index contributed by atoms with van der Waals surface area (Å²) in [6.45, 7) is 4.63. The third kappa shape index (κ3) is 4.64. The summed E-state index contributed by atoms with van der Waals surface area (Å²) in [5.41, 5.74) is 2.78. The van der Waals surface area contributed by atoms with E-state index in [1.807, 2.05) is 35.9 Å². The first kappa shape index (κ1) is 20.4. The van der Waals surface area contributed by atoms with Crippen molar-refractivity contribution in [2.45, 2.75) is 58.0 Å². The van der Waals surface area contributed by atoms with Crippen LogP contribution in [0.3, 0.4) is 0 Å². The van der Waals surface area contributed by atoms with Gasteiger partial charge in [0, 0.05) is 41.5 Å². The molecular formula is C20H26N6O3S. The van der Waals surface area contributed by atoms with Crippen LogP contribution in [0, 0.1) is 6.92 Å². The minimum atomic E-state index is -0.352. The van der Waals surface area contributed by atoms with Gasteiger partial charge in [0.2, 0.25) is 5.91 Å². The second-order valence-corrected chi connectivity index (χ2v) is 8.50. The number of amides is 2. The molecule has 2 amide bonds. The quantitative estimate of drug-likeness (QED) is 0.532. The second kappa shape index (κ2) is 8.86. The molecule has 160 valence electrons. The summed E-state index contributed by atoms with van der Waals surface area (Å²) in [6, 6.07) is 1.86. The molecule has 1 aliphatic rings. The number of imidazole rings is 1. The molecule has 3 heterocycles. The molecule has 0 radical (unpaired) electrons. The number of fused-ring (bicyclic) bond motifs is 1. The zero-order valence-corrected chi connectivity index (χ0v) is 17.9. The third-order valence-electron chi connectivity index (χ3n) is 5.26. The minimum Gasteiger partial charge on any atom is -0.446 e. The molecule has 0 aliphatic heterocycles. The molecule has 0 aromatic carbocycles. The highest BCUT2D eigenvalue weighted by molar-refractivity contribution is 7.15. The van der Waals surface area contributed by atoms with Crippen LogP contribution in [0.15, 0.2) is 17.6 Å². The topological polar surface area (TPSA) is 113 Å². The number of alkyl carbamates (subject to hydrolysis) is 1. The Balaban J connectivity index is 1.28. The highest BCUT2D eigenvalue weighted by atomic mass is 32.1. The Morgan fingerprint density at radius 2 is 2.27 bits per heavy atom. The van der Waals surface area contributed by atoms with Crippen molar-refractivity contribution < 1.29 is 14.3 Å². The van der Waals surface area contributed by atoms with Crippen molar-refractivity contribution in [1.82, 2.24) is 24.9 Å². The number of hydrogen-bond acceptors (Lipinski definition) is 6. The van der Waals surface area contributed by atoms with Crippen LogP contribution in [0.5, 0.6) is 0 Å². The molecule has 1 aliphatic carbocycles. The van der Waals surface area contributed by atoms with Crippen LogP contribution in [0.25, 0.3) is 4.96 Å². The normalized spacial score (nSPS) is 18.6. The second-order valence-electron chi connectivity index (χ2n) is 7.66. The summed E-state index contributed by atoms with van der Waals surface area (Å²) in [7, 11) is 0. The average molecular weight is 431 g/mol. The number of carbonyl (C=O) groups excluding carboxylic acids is 2. The molecule has 9 nitrogen and oxygen atoms in total. The standard InChI is InChI=1S/C20H26N6O3S/c1-3-6-21-20(28)29-15-5-4-13(7-15)16-9-17(25-24-16)23-18(27)8-14-10-26-12(2)11-30-19(26)22-14/h9-11,13,15H,3-8H2,1-2H3,(H,21,28)(H2,23,24,25,27). The molecular weight excluding hydrogens is 404 g/mol. The number of aryl methyl sites for hydroxylation is 1. The summed E-state index contributed by atoms with van der Waals surface area (Å²) in [5.74, 6) is 0.573. The number of H-pyrrole nitrogens is 1. The molecule has 2 atom stereocenters. The zero-order valence-electron chi connectivity index (χ0n) is 17.1. The van der Waals surface area contributed by atoms with Crippen molar-refractivity contribution >= 4 is 34.1 Å². The summed E-state index contributed by atoms with van der Waals surface area (Å²) in [4.78, 5) is 29.5. The minimum absolute atomic E-state index is 0.0913. The van der Waals surface area contributed by atoms with Gasteiger partial charge in [-0.3, -0.25) is 14.3 Å². The zero-order chi connectivity index (χ0) is 21.1. The molecule has 2 unspecified atom stereocenters. The van der Waals surface area contributed by atoms with Crippen LogP contribution >= 0.6 is 11.3 Å². The van der Waals surface area contributed by atoms with E-state index in [1.54, 1.807) is 11.3 Å². The van der Waals surface area contributed by atoms with E-state index in [4.69, 9.17) is 4.74 Å². The Labute approximate surface area is 178 Å². The van der Waals surface area contributed by atoms with Crippen molar-refractivity contribution in [3.63, 3.8) is 0 Å². The molecule has 1 fully saturated rings. The molecule has 0 spiro atoms. The highest BCUT2D eigenvalue weighted by Crippen LogP contribution is 2.35.